The van der Waals surface area contributed by atoms with E-state index < -0.39 is 0 Å². The van der Waals surface area contributed by atoms with E-state index in [4.69, 9.17) is 4.52 Å². The summed E-state index contributed by atoms with van der Waals surface area (Å²) in [6.07, 6.45) is 3.68. The molecular weight excluding hydrogens is 192 g/mol. The lowest BCUT2D eigenvalue weighted by molar-refractivity contribution is -0.131. The highest BCUT2D eigenvalue weighted by Crippen LogP contribution is 2.32. The molecule has 0 saturated carbocycles. The Kier molecular flexibility index (Phi) is 2.50. The van der Waals surface area contributed by atoms with Crippen molar-refractivity contribution < 1.29 is 9.32 Å². The minimum atomic E-state index is -0.0447. The van der Waals surface area contributed by atoms with Crippen LogP contribution in [0.1, 0.15) is 32.4 Å². The third-order valence-electron chi connectivity index (χ3n) is 3.20. The monoisotopic (exact) mass is 208 g/mol. The molecule has 4 heteroatoms. The maximum absolute atomic E-state index is 11.3. The maximum Gasteiger partial charge on any atom is 0.219 e. The Hall–Kier alpha value is -1.32. The Balaban J connectivity index is 2.18. The van der Waals surface area contributed by atoms with E-state index in [2.05, 4.69) is 12.1 Å². The molecule has 0 N–H and O–H groups in total. The quantitative estimate of drug-likeness (QED) is 0.703. The standard InChI is InChI=1S/C11H16N2O2/c1-9(14)13-6-3-5-11(2,8-13)10-4-7-15-12-10/h4,7H,3,5-6,8H2,1-2H3. The zero-order chi connectivity index (χ0) is 10.9. The number of nitrogens with zero attached hydrogens (tertiary/aromatic N) is 2. The highest BCUT2D eigenvalue weighted by Gasteiger charge is 2.35. The van der Waals surface area contributed by atoms with Crippen molar-refractivity contribution in [3.05, 3.63) is 18.0 Å². The van der Waals surface area contributed by atoms with Gasteiger partial charge in [0.05, 0.1) is 5.69 Å². The van der Waals surface area contributed by atoms with Gasteiger partial charge in [-0.25, -0.2) is 0 Å². The topological polar surface area (TPSA) is 46.3 Å². The van der Waals surface area contributed by atoms with Crippen LogP contribution in [0.25, 0.3) is 0 Å². The third kappa shape index (κ3) is 1.89. The first-order valence-electron chi connectivity index (χ1n) is 5.28. The SMILES string of the molecule is CC(=O)N1CCCC(C)(c2ccon2)C1. The molecule has 0 aromatic carbocycles. The molecule has 1 aliphatic rings. The molecule has 4 nitrogen and oxygen atoms in total. The molecular formula is C11H16N2O2. The number of rotatable bonds is 1. The van der Waals surface area contributed by atoms with Gasteiger partial charge in [-0.1, -0.05) is 12.1 Å². The van der Waals surface area contributed by atoms with Crippen LogP contribution < -0.4 is 0 Å². The zero-order valence-corrected chi connectivity index (χ0v) is 9.19. The van der Waals surface area contributed by atoms with Crippen molar-refractivity contribution in [3.8, 4) is 0 Å². The Bertz CT molecular complexity index is 347. The van der Waals surface area contributed by atoms with Crippen LogP contribution in [0.4, 0.5) is 0 Å². The highest BCUT2D eigenvalue weighted by atomic mass is 16.5. The maximum atomic E-state index is 11.3. The average molecular weight is 208 g/mol. The van der Waals surface area contributed by atoms with Gasteiger partial charge in [0.25, 0.3) is 0 Å². The molecule has 1 saturated heterocycles. The molecule has 1 aliphatic heterocycles. The Morgan fingerprint density at radius 1 is 1.67 bits per heavy atom. The number of amides is 1. The molecule has 0 aliphatic carbocycles. The molecule has 1 aromatic rings. The second kappa shape index (κ2) is 3.68. The smallest absolute Gasteiger partial charge is 0.219 e. The molecule has 15 heavy (non-hydrogen) atoms. The fourth-order valence-corrected chi connectivity index (χ4v) is 2.24. The lowest BCUT2D eigenvalue weighted by Crippen LogP contribution is -2.46. The van der Waals surface area contributed by atoms with Gasteiger partial charge in [-0.05, 0) is 12.8 Å². The summed E-state index contributed by atoms with van der Waals surface area (Å²) in [6.45, 7) is 5.37. The molecule has 0 radical (unpaired) electrons. The van der Waals surface area contributed by atoms with Gasteiger partial charge in [-0.2, -0.15) is 0 Å². The van der Waals surface area contributed by atoms with Gasteiger partial charge in [0.1, 0.15) is 6.26 Å². The third-order valence-corrected chi connectivity index (χ3v) is 3.20. The molecule has 82 valence electrons. The molecule has 1 atom stereocenters. The van der Waals surface area contributed by atoms with E-state index in [0.717, 1.165) is 31.6 Å². The summed E-state index contributed by atoms with van der Waals surface area (Å²) in [5.74, 6) is 0.143. The van der Waals surface area contributed by atoms with Crippen molar-refractivity contribution in [2.45, 2.75) is 32.1 Å². The molecule has 2 rings (SSSR count). The van der Waals surface area contributed by atoms with Gasteiger partial charge in [-0.15, -0.1) is 0 Å². The summed E-state index contributed by atoms with van der Waals surface area (Å²) >= 11 is 0. The van der Waals surface area contributed by atoms with Crippen molar-refractivity contribution in [2.24, 2.45) is 0 Å². The van der Waals surface area contributed by atoms with Crippen LogP contribution in [0.15, 0.2) is 16.9 Å². The van der Waals surface area contributed by atoms with Crippen LogP contribution >= 0.6 is 0 Å². The normalized spacial score (nSPS) is 26.7. The molecule has 2 heterocycles. The van der Waals surface area contributed by atoms with Crippen LogP contribution in [0.2, 0.25) is 0 Å². The van der Waals surface area contributed by atoms with Crippen LogP contribution in [0.5, 0.6) is 0 Å². The van der Waals surface area contributed by atoms with Gasteiger partial charge in [0.15, 0.2) is 0 Å². The first-order chi connectivity index (χ1) is 7.12. The Morgan fingerprint density at radius 3 is 3.07 bits per heavy atom. The first kappa shape index (κ1) is 10.2. The molecule has 0 spiro atoms. The van der Waals surface area contributed by atoms with E-state index in [1.807, 2.05) is 11.0 Å². The largest absolute Gasteiger partial charge is 0.364 e. The van der Waals surface area contributed by atoms with Crippen molar-refractivity contribution >= 4 is 5.91 Å². The summed E-state index contributed by atoms with van der Waals surface area (Å²) in [4.78, 5) is 13.2. The van der Waals surface area contributed by atoms with Crippen molar-refractivity contribution in [1.29, 1.82) is 0 Å². The van der Waals surface area contributed by atoms with E-state index in [1.54, 1.807) is 13.2 Å². The van der Waals surface area contributed by atoms with Crippen molar-refractivity contribution in [2.75, 3.05) is 13.1 Å². The number of aromatic nitrogens is 1. The summed E-state index contributed by atoms with van der Waals surface area (Å²) in [5, 5.41) is 3.99. The van der Waals surface area contributed by atoms with Gasteiger partial charge >= 0.3 is 0 Å². The van der Waals surface area contributed by atoms with Gasteiger partial charge in [0, 0.05) is 31.5 Å². The molecule has 1 fully saturated rings. The fourth-order valence-electron chi connectivity index (χ4n) is 2.24. The molecule has 0 bridgehead atoms. The van der Waals surface area contributed by atoms with Gasteiger partial charge < -0.3 is 9.42 Å². The summed E-state index contributed by atoms with van der Waals surface area (Å²) in [6, 6.07) is 1.89. The lowest BCUT2D eigenvalue weighted by Gasteiger charge is -2.38. The first-order valence-corrected chi connectivity index (χ1v) is 5.28. The van der Waals surface area contributed by atoms with Crippen LogP contribution in [0.3, 0.4) is 0 Å². The molecule has 1 aromatic heterocycles. The van der Waals surface area contributed by atoms with Gasteiger partial charge in [-0.3, -0.25) is 4.79 Å². The number of hydrogen-bond acceptors (Lipinski definition) is 3. The predicted octanol–water partition coefficient (Wildman–Crippen LogP) is 1.57. The zero-order valence-electron chi connectivity index (χ0n) is 9.19. The van der Waals surface area contributed by atoms with E-state index in [9.17, 15) is 4.79 Å². The van der Waals surface area contributed by atoms with E-state index in [0.29, 0.717) is 0 Å². The minimum absolute atomic E-state index is 0.0447. The Morgan fingerprint density at radius 2 is 2.47 bits per heavy atom. The van der Waals surface area contributed by atoms with Crippen molar-refractivity contribution in [1.82, 2.24) is 10.1 Å². The number of carbonyl (C=O) groups is 1. The second-order valence-corrected chi connectivity index (χ2v) is 4.49. The summed E-state index contributed by atoms with van der Waals surface area (Å²) in [5.41, 5.74) is 0.908. The lowest BCUT2D eigenvalue weighted by atomic mass is 9.79. The van der Waals surface area contributed by atoms with Crippen LogP contribution in [-0.2, 0) is 10.2 Å². The van der Waals surface area contributed by atoms with E-state index in [-0.39, 0.29) is 11.3 Å². The van der Waals surface area contributed by atoms with Gasteiger partial charge in [0.2, 0.25) is 5.91 Å². The van der Waals surface area contributed by atoms with E-state index in [1.165, 1.54) is 0 Å². The average Bonchev–Trinajstić information content (AvgIpc) is 2.71. The van der Waals surface area contributed by atoms with Crippen LogP contribution in [0, 0.1) is 0 Å². The number of piperidine rings is 1. The summed E-state index contributed by atoms with van der Waals surface area (Å²) < 4.78 is 4.88. The molecule has 1 unspecified atom stereocenters. The number of carbonyl (C=O) groups excluding carboxylic acids is 1. The molecule has 1 amide bonds. The number of hydrogen-bond donors (Lipinski definition) is 0. The van der Waals surface area contributed by atoms with Crippen LogP contribution in [-0.4, -0.2) is 29.1 Å². The van der Waals surface area contributed by atoms with Crippen molar-refractivity contribution in [3.63, 3.8) is 0 Å². The number of likely N-dealkylation sites (tertiary alicyclic amines) is 1. The Labute approximate surface area is 89.2 Å². The van der Waals surface area contributed by atoms with E-state index >= 15 is 0 Å². The second-order valence-electron chi connectivity index (χ2n) is 4.49. The predicted molar refractivity (Wildman–Crippen MR) is 55.3 cm³/mol. The minimum Gasteiger partial charge on any atom is -0.364 e. The highest BCUT2D eigenvalue weighted by molar-refractivity contribution is 5.73. The fraction of sp³-hybridized carbons (Fsp3) is 0.636. The summed E-state index contributed by atoms with van der Waals surface area (Å²) in [7, 11) is 0.